The minimum atomic E-state index is -0.623. The maximum Gasteiger partial charge on any atom is 0.262 e. The molecule has 2 aromatic carbocycles. The van der Waals surface area contributed by atoms with E-state index >= 15 is 0 Å². The molecule has 0 bridgehead atoms. The summed E-state index contributed by atoms with van der Waals surface area (Å²) >= 11 is 0. The number of aryl methyl sites for hydroxylation is 1. The van der Waals surface area contributed by atoms with E-state index in [9.17, 15) is 9.59 Å². The number of nitrogens with zero attached hydrogens (tertiary/aromatic N) is 1. The zero-order chi connectivity index (χ0) is 20.5. The molecule has 2 N–H and O–H groups in total. The highest BCUT2D eigenvalue weighted by Crippen LogP contribution is 2.32. The molecule has 0 aromatic heterocycles. The first kappa shape index (κ1) is 20.7. The molecule has 1 aliphatic heterocycles. The van der Waals surface area contributed by atoms with Gasteiger partial charge in [0, 0.05) is 13.1 Å². The zero-order valence-electron chi connectivity index (χ0n) is 16.9. The van der Waals surface area contributed by atoms with Gasteiger partial charge in [-0.3, -0.25) is 9.59 Å². The van der Waals surface area contributed by atoms with Crippen LogP contribution in [0, 0.1) is 0 Å². The van der Waals surface area contributed by atoms with Crippen molar-refractivity contribution >= 4 is 17.5 Å². The van der Waals surface area contributed by atoms with Crippen LogP contribution in [0.15, 0.2) is 54.6 Å². The monoisotopic (exact) mass is 395 g/mol. The van der Waals surface area contributed by atoms with E-state index in [0.717, 1.165) is 24.9 Å². The Morgan fingerprint density at radius 2 is 1.79 bits per heavy atom. The van der Waals surface area contributed by atoms with Gasteiger partial charge >= 0.3 is 0 Å². The Hall–Kier alpha value is -3.02. The normalized spacial score (nSPS) is 15.2. The number of carbonyl (C=O) groups excluding carboxylic acids is 2. The Labute approximate surface area is 172 Å². The van der Waals surface area contributed by atoms with Crippen molar-refractivity contribution in [3.8, 4) is 5.75 Å². The molecule has 0 spiro atoms. The van der Waals surface area contributed by atoms with E-state index < -0.39 is 6.10 Å². The maximum absolute atomic E-state index is 12.5. The molecule has 6 heteroatoms. The summed E-state index contributed by atoms with van der Waals surface area (Å²) in [5.74, 6) is 0.435. The van der Waals surface area contributed by atoms with Crippen molar-refractivity contribution in [3.63, 3.8) is 0 Å². The largest absolute Gasteiger partial charge is 0.477 e. The fourth-order valence-corrected chi connectivity index (χ4v) is 3.35. The average Bonchev–Trinajstić information content (AvgIpc) is 2.75. The number of rotatable bonds is 9. The Kier molecular flexibility index (Phi) is 7.50. The topological polar surface area (TPSA) is 70.7 Å². The number of carbonyl (C=O) groups is 2. The van der Waals surface area contributed by atoms with Crippen molar-refractivity contribution in [2.45, 2.75) is 32.3 Å². The van der Waals surface area contributed by atoms with Crippen LogP contribution in [0.3, 0.4) is 0 Å². The highest BCUT2D eigenvalue weighted by molar-refractivity contribution is 5.86. The second-order valence-electron chi connectivity index (χ2n) is 7.18. The average molecular weight is 396 g/mol. The molecule has 0 fully saturated rings. The van der Waals surface area contributed by atoms with E-state index in [1.807, 2.05) is 54.3 Å². The van der Waals surface area contributed by atoms with E-state index in [4.69, 9.17) is 4.74 Å². The van der Waals surface area contributed by atoms with Gasteiger partial charge in [-0.05, 0) is 37.0 Å². The molecule has 29 heavy (non-hydrogen) atoms. The van der Waals surface area contributed by atoms with E-state index in [1.165, 1.54) is 5.56 Å². The quantitative estimate of drug-likeness (QED) is 0.640. The molecule has 0 aliphatic carbocycles. The van der Waals surface area contributed by atoms with Crippen LogP contribution in [0.5, 0.6) is 5.75 Å². The van der Waals surface area contributed by atoms with Crippen LogP contribution in [0.1, 0.15) is 25.3 Å². The van der Waals surface area contributed by atoms with Gasteiger partial charge in [-0.15, -0.1) is 0 Å². The SMILES string of the molecule is CCCNC(=O)[C@H]1CN(CC(=O)NCCCc2ccccc2)c2ccccc2O1. The molecule has 1 aliphatic rings. The fourth-order valence-electron chi connectivity index (χ4n) is 3.35. The Bertz CT molecular complexity index is 810. The van der Waals surface area contributed by atoms with Gasteiger partial charge in [-0.25, -0.2) is 0 Å². The van der Waals surface area contributed by atoms with Gasteiger partial charge in [0.15, 0.2) is 6.10 Å². The first-order valence-electron chi connectivity index (χ1n) is 10.3. The lowest BCUT2D eigenvalue weighted by Crippen LogP contribution is -2.51. The minimum absolute atomic E-state index is 0.0533. The van der Waals surface area contributed by atoms with Gasteiger partial charge in [0.1, 0.15) is 5.75 Å². The molecule has 154 valence electrons. The zero-order valence-corrected chi connectivity index (χ0v) is 16.9. The number of nitrogens with one attached hydrogen (secondary N) is 2. The van der Waals surface area contributed by atoms with E-state index in [1.54, 1.807) is 0 Å². The first-order valence-corrected chi connectivity index (χ1v) is 10.3. The van der Waals surface area contributed by atoms with Crippen LogP contribution in [0.2, 0.25) is 0 Å². The molecule has 0 saturated carbocycles. The second kappa shape index (κ2) is 10.5. The van der Waals surface area contributed by atoms with Crippen LogP contribution in [0.25, 0.3) is 0 Å². The highest BCUT2D eigenvalue weighted by atomic mass is 16.5. The summed E-state index contributed by atoms with van der Waals surface area (Å²) in [6, 6.07) is 17.8. The van der Waals surface area contributed by atoms with E-state index in [-0.39, 0.29) is 18.4 Å². The minimum Gasteiger partial charge on any atom is -0.477 e. The third-order valence-corrected chi connectivity index (χ3v) is 4.84. The Balaban J connectivity index is 1.53. The number of hydrogen-bond donors (Lipinski definition) is 2. The third-order valence-electron chi connectivity index (χ3n) is 4.84. The number of ether oxygens (including phenoxy) is 1. The van der Waals surface area contributed by atoms with Crippen LogP contribution >= 0.6 is 0 Å². The molecular formula is C23H29N3O3. The van der Waals surface area contributed by atoms with Crippen LogP contribution < -0.4 is 20.3 Å². The Morgan fingerprint density at radius 3 is 2.59 bits per heavy atom. The smallest absolute Gasteiger partial charge is 0.262 e. The number of hydrogen-bond acceptors (Lipinski definition) is 4. The van der Waals surface area contributed by atoms with Gasteiger partial charge < -0.3 is 20.3 Å². The van der Waals surface area contributed by atoms with Crippen molar-refractivity contribution in [2.24, 2.45) is 0 Å². The molecular weight excluding hydrogens is 366 g/mol. The number of fused-ring (bicyclic) bond motifs is 1. The van der Waals surface area contributed by atoms with Crippen molar-refractivity contribution in [1.29, 1.82) is 0 Å². The predicted molar refractivity (Wildman–Crippen MR) is 114 cm³/mol. The summed E-state index contributed by atoms with van der Waals surface area (Å²) in [4.78, 5) is 26.8. The molecule has 0 unspecified atom stereocenters. The molecule has 0 saturated heterocycles. The summed E-state index contributed by atoms with van der Waals surface area (Å²) in [5, 5.41) is 5.86. The number of para-hydroxylation sites is 2. The van der Waals surface area contributed by atoms with Crippen molar-refractivity contribution < 1.29 is 14.3 Å². The van der Waals surface area contributed by atoms with Gasteiger partial charge in [-0.1, -0.05) is 49.4 Å². The number of anilines is 1. The molecule has 0 radical (unpaired) electrons. The third kappa shape index (κ3) is 5.98. The summed E-state index contributed by atoms with van der Waals surface area (Å²) in [6.45, 7) is 3.79. The van der Waals surface area contributed by atoms with Gasteiger partial charge in [0.25, 0.3) is 5.91 Å². The Morgan fingerprint density at radius 1 is 1.03 bits per heavy atom. The lowest BCUT2D eigenvalue weighted by Gasteiger charge is -2.35. The first-order chi connectivity index (χ1) is 14.2. The lowest BCUT2D eigenvalue weighted by atomic mass is 10.1. The highest BCUT2D eigenvalue weighted by Gasteiger charge is 2.31. The van der Waals surface area contributed by atoms with Crippen molar-refractivity contribution in [3.05, 3.63) is 60.2 Å². The molecule has 1 atom stereocenters. The summed E-state index contributed by atoms with van der Waals surface area (Å²) in [6.07, 6.45) is 2.06. The molecule has 1 heterocycles. The molecule has 6 nitrogen and oxygen atoms in total. The predicted octanol–water partition coefficient (Wildman–Crippen LogP) is 2.53. The standard InChI is InChI=1S/C23H29N3O3/c1-2-14-25-23(28)21-16-26(19-12-6-7-13-20(19)29-21)17-22(27)24-15-8-11-18-9-4-3-5-10-18/h3-7,9-10,12-13,21H,2,8,11,14-17H2,1H3,(H,24,27)(H,25,28)/t21-/m1/s1. The lowest BCUT2D eigenvalue weighted by molar-refractivity contribution is -0.128. The summed E-state index contributed by atoms with van der Waals surface area (Å²) in [5.41, 5.74) is 2.11. The maximum atomic E-state index is 12.5. The summed E-state index contributed by atoms with van der Waals surface area (Å²) in [7, 11) is 0. The van der Waals surface area contributed by atoms with Gasteiger partial charge in [0.05, 0.1) is 18.8 Å². The molecule has 3 rings (SSSR count). The number of amides is 2. The second-order valence-corrected chi connectivity index (χ2v) is 7.18. The van der Waals surface area contributed by atoms with Crippen LogP contribution in [0.4, 0.5) is 5.69 Å². The number of benzene rings is 2. The van der Waals surface area contributed by atoms with Crippen LogP contribution in [-0.2, 0) is 16.0 Å². The van der Waals surface area contributed by atoms with Crippen molar-refractivity contribution in [2.75, 3.05) is 31.1 Å². The molecule has 2 aromatic rings. The van der Waals surface area contributed by atoms with Crippen molar-refractivity contribution in [1.82, 2.24) is 10.6 Å². The van der Waals surface area contributed by atoms with Gasteiger partial charge in [-0.2, -0.15) is 0 Å². The van der Waals surface area contributed by atoms with Crippen LogP contribution in [-0.4, -0.2) is 44.1 Å². The van der Waals surface area contributed by atoms with E-state index in [0.29, 0.717) is 25.4 Å². The van der Waals surface area contributed by atoms with E-state index in [2.05, 4.69) is 22.8 Å². The summed E-state index contributed by atoms with van der Waals surface area (Å²) < 4.78 is 5.86. The fraction of sp³-hybridized carbons (Fsp3) is 0.391. The molecule has 2 amide bonds. The van der Waals surface area contributed by atoms with Gasteiger partial charge in [0.2, 0.25) is 5.91 Å².